The predicted octanol–water partition coefficient (Wildman–Crippen LogP) is 2.16. The number of amides is 2. The number of aryl methyl sites for hydroxylation is 4. The maximum Gasteiger partial charge on any atom is 0.314 e. The second-order valence-corrected chi connectivity index (χ2v) is 6.52. The molecule has 7 heteroatoms. The standard InChI is InChI=1S/C19H21N5O2/c1-12-4-6-15-14(10-12)5-7-16(15)21-18(25)19(26)22-17-11-13(2)24(23-17)9-3-8-20/h4,6,10-11,16H,3,5,7,9H2,1-2H3,(H,21,25)(H,22,23,26). The van der Waals surface area contributed by atoms with Crippen molar-refractivity contribution in [3.8, 4) is 6.07 Å². The lowest BCUT2D eigenvalue weighted by Crippen LogP contribution is -2.37. The van der Waals surface area contributed by atoms with E-state index in [4.69, 9.17) is 5.26 Å². The van der Waals surface area contributed by atoms with Crippen LogP contribution in [-0.2, 0) is 22.6 Å². The Labute approximate surface area is 152 Å². The summed E-state index contributed by atoms with van der Waals surface area (Å²) in [5.74, 6) is -1.11. The van der Waals surface area contributed by atoms with Gasteiger partial charge >= 0.3 is 11.8 Å². The van der Waals surface area contributed by atoms with Gasteiger partial charge in [-0.25, -0.2) is 0 Å². The second kappa shape index (κ2) is 7.40. The van der Waals surface area contributed by atoms with Crippen LogP contribution in [0.1, 0.15) is 41.3 Å². The predicted molar refractivity (Wildman–Crippen MR) is 96.2 cm³/mol. The molecule has 1 aliphatic rings. The molecule has 1 unspecified atom stereocenters. The fraction of sp³-hybridized carbons (Fsp3) is 0.368. The first-order valence-electron chi connectivity index (χ1n) is 8.60. The molecular formula is C19H21N5O2. The molecule has 2 amide bonds. The van der Waals surface area contributed by atoms with Crippen molar-refractivity contribution in [2.45, 2.75) is 45.7 Å². The normalized spacial score (nSPS) is 15.2. The number of nitriles is 1. The van der Waals surface area contributed by atoms with Gasteiger partial charge in [-0.3, -0.25) is 14.3 Å². The molecule has 0 aliphatic heterocycles. The Morgan fingerprint density at radius 3 is 2.88 bits per heavy atom. The molecule has 0 fully saturated rings. The monoisotopic (exact) mass is 351 g/mol. The second-order valence-electron chi connectivity index (χ2n) is 6.52. The van der Waals surface area contributed by atoms with E-state index in [2.05, 4.69) is 27.9 Å². The third-order valence-electron chi connectivity index (χ3n) is 4.55. The van der Waals surface area contributed by atoms with Crippen molar-refractivity contribution in [1.29, 1.82) is 5.26 Å². The SMILES string of the molecule is Cc1ccc2c(c1)CCC2NC(=O)C(=O)Nc1cc(C)n(CCC#N)n1. The van der Waals surface area contributed by atoms with Crippen molar-refractivity contribution in [1.82, 2.24) is 15.1 Å². The minimum Gasteiger partial charge on any atom is -0.341 e. The molecular weight excluding hydrogens is 330 g/mol. The van der Waals surface area contributed by atoms with Gasteiger partial charge in [-0.2, -0.15) is 10.4 Å². The third kappa shape index (κ3) is 3.75. The number of fused-ring (bicyclic) bond motifs is 1. The summed E-state index contributed by atoms with van der Waals surface area (Å²) in [5.41, 5.74) is 4.31. The highest BCUT2D eigenvalue weighted by Gasteiger charge is 2.26. The van der Waals surface area contributed by atoms with Crippen molar-refractivity contribution >= 4 is 17.6 Å². The molecule has 7 nitrogen and oxygen atoms in total. The van der Waals surface area contributed by atoms with Gasteiger partial charge in [-0.1, -0.05) is 23.8 Å². The summed E-state index contributed by atoms with van der Waals surface area (Å²) in [6.07, 6.45) is 2.02. The number of nitrogens with zero attached hydrogens (tertiary/aromatic N) is 3. The van der Waals surface area contributed by atoms with E-state index >= 15 is 0 Å². The largest absolute Gasteiger partial charge is 0.341 e. The zero-order chi connectivity index (χ0) is 18.7. The maximum atomic E-state index is 12.2. The molecule has 0 radical (unpaired) electrons. The van der Waals surface area contributed by atoms with Crippen LogP contribution in [0.2, 0.25) is 0 Å². The number of benzene rings is 1. The maximum absolute atomic E-state index is 12.2. The van der Waals surface area contributed by atoms with Crippen molar-refractivity contribution in [2.75, 3.05) is 5.32 Å². The van der Waals surface area contributed by atoms with E-state index in [1.165, 1.54) is 11.1 Å². The highest BCUT2D eigenvalue weighted by Crippen LogP contribution is 2.31. The number of nitrogens with one attached hydrogen (secondary N) is 2. The molecule has 134 valence electrons. The van der Waals surface area contributed by atoms with Crippen molar-refractivity contribution in [3.63, 3.8) is 0 Å². The molecule has 1 aromatic carbocycles. The van der Waals surface area contributed by atoms with Gasteiger partial charge in [-0.15, -0.1) is 0 Å². The van der Waals surface area contributed by atoms with Gasteiger partial charge in [0, 0.05) is 11.8 Å². The van der Waals surface area contributed by atoms with Crippen molar-refractivity contribution in [2.24, 2.45) is 0 Å². The van der Waals surface area contributed by atoms with Crippen LogP contribution in [0.5, 0.6) is 0 Å². The Morgan fingerprint density at radius 2 is 2.12 bits per heavy atom. The molecule has 26 heavy (non-hydrogen) atoms. The Bertz CT molecular complexity index is 894. The summed E-state index contributed by atoms with van der Waals surface area (Å²) in [6.45, 7) is 4.32. The Kier molecular flexibility index (Phi) is 5.03. The van der Waals surface area contributed by atoms with Gasteiger partial charge in [0.25, 0.3) is 0 Å². The van der Waals surface area contributed by atoms with Gasteiger partial charge in [0.05, 0.1) is 25.1 Å². The van der Waals surface area contributed by atoms with Gasteiger partial charge in [0.2, 0.25) is 0 Å². The number of hydrogen-bond donors (Lipinski definition) is 2. The molecule has 1 aromatic heterocycles. The zero-order valence-corrected chi connectivity index (χ0v) is 14.9. The Morgan fingerprint density at radius 1 is 1.31 bits per heavy atom. The molecule has 2 aromatic rings. The number of carbonyl (C=O) groups is 2. The van der Waals surface area contributed by atoms with Crippen LogP contribution in [0.4, 0.5) is 5.82 Å². The smallest absolute Gasteiger partial charge is 0.314 e. The van der Waals surface area contributed by atoms with Crippen molar-refractivity contribution < 1.29 is 9.59 Å². The highest BCUT2D eigenvalue weighted by atomic mass is 16.2. The van der Waals surface area contributed by atoms with Crippen LogP contribution < -0.4 is 10.6 Å². The van der Waals surface area contributed by atoms with Gasteiger partial charge in [0.15, 0.2) is 5.82 Å². The lowest BCUT2D eigenvalue weighted by Gasteiger charge is -2.13. The quantitative estimate of drug-likeness (QED) is 0.824. The lowest BCUT2D eigenvalue weighted by atomic mass is 10.1. The average Bonchev–Trinajstić information content (AvgIpc) is 3.15. The summed E-state index contributed by atoms with van der Waals surface area (Å²) >= 11 is 0. The highest BCUT2D eigenvalue weighted by molar-refractivity contribution is 6.39. The van der Waals surface area contributed by atoms with E-state index in [1.807, 2.05) is 26.0 Å². The van der Waals surface area contributed by atoms with Crippen molar-refractivity contribution in [3.05, 3.63) is 46.6 Å². The van der Waals surface area contributed by atoms with Gasteiger partial charge in [0.1, 0.15) is 0 Å². The van der Waals surface area contributed by atoms with Crippen LogP contribution in [0.25, 0.3) is 0 Å². The number of aromatic nitrogens is 2. The van der Waals surface area contributed by atoms with E-state index < -0.39 is 11.8 Å². The van der Waals surface area contributed by atoms with Crippen LogP contribution in [0, 0.1) is 25.2 Å². The minimum atomic E-state index is -0.740. The fourth-order valence-electron chi connectivity index (χ4n) is 3.25. The fourth-order valence-corrected chi connectivity index (χ4v) is 3.25. The topological polar surface area (TPSA) is 99.8 Å². The molecule has 0 saturated heterocycles. The van der Waals surface area contributed by atoms with Crippen LogP contribution in [-0.4, -0.2) is 21.6 Å². The first kappa shape index (κ1) is 17.7. The lowest BCUT2D eigenvalue weighted by molar-refractivity contribution is -0.136. The number of carbonyl (C=O) groups excluding carboxylic acids is 2. The summed E-state index contributed by atoms with van der Waals surface area (Å²) in [4.78, 5) is 24.4. The van der Waals surface area contributed by atoms with E-state index in [9.17, 15) is 9.59 Å². The molecule has 3 rings (SSSR count). The summed E-state index contributed by atoms with van der Waals surface area (Å²) in [6, 6.07) is 9.74. The number of hydrogen-bond acceptors (Lipinski definition) is 4. The molecule has 1 aliphatic carbocycles. The number of anilines is 1. The zero-order valence-electron chi connectivity index (χ0n) is 14.9. The van der Waals surface area contributed by atoms with Gasteiger partial charge in [-0.05, 0) is 37.8 Å². The van der Waals surface area contributed by atoms with Crippen LogP contribution >= 0.6 is 0 Å². The summed E-state index contributed by atoms with van der Waals surface area (Å²) < 4.78 is 1.63. The van der Waals surface area contributed by atoms with E-state index in [0.29, 0.717) is 18.8 Å². The van der Waals surface area contributed by atoms with Gasteiger partial charge < -0.3 is 10.6 Å². The minimum absolute atomic E-state index is 0.140. The van der Waals surface area contributed by atoms with E-state index in [1.54, 1.807) is 10.7 Å². The molecule has 1 atom stereocenters. The Hall–Kier alpha value is -3.14. The first-order valence-corrected chi connectivity index (χ1v) is 8.60. The molecule has 0 bridgehead atoms. The molecule has 1 heterocycles. The molecule has 0 saturated carbocycles. The summed E-state index contributed by atoms with van der Waals surface area (Å²) in [5, 5.41) is 18.2. The van der Waals surface area contributed by atoms with E-state index in [-0.39, 0.29) is 6.04 Å². The van der Waals surface area contributed by atoms with Crippen LogP contribution in [0.3, 0.4) is 0 Å². The third-order valence-corrected chi connectivity index (χ3v) is 4.55. The molecule has 0 spiro atoms. The molecule has 2 N–H and O–H groups in total. The van der Waals surface area contributed by atoms with E-state index in [0.717, 1.165) is 24.1 Å². The Balaban J connectivity index is 1.61. The number of rotatable bonds is 4. The first-order chi connectivity index (χ1) is 12.5. The average molecular weight is 351 g/mol. The summed E-state index contributed by atoms with van der Waals surface area (Å²) in [7, 11) is 0. The van der Waals surface area contributed by atoms with Crippen LogP contribution in [0.15, 0.2) is 24.3 Å².